The van der Waals surface area contributed by atoms with Crippen LogP contribution in [0.1, 0.15) is 0 Å². The molecule has 0 aliphatic carbocycles. The van der Waals surface area contributed by atoms with E-state index in [2.05, 4.69) is 25.4 Å². The van der Waals surface area contributed by atoms with Crippen LogP contribution >= 0.6 is 5.69 Å². The fourth-order valence-electron chi connectivity index (χ4n) is 0.523. The molecule has 0 aromatic heterocycles. The second-order valence-corrected chi connectivity index (χ2v) is 9.43. The van der Waals surface area contributed by atoms with Crippen molar-refractivity contribution in [3.63, 3.8) is 0 Å². The third-order valence-corrected chi connectivity index (χ3v) is 7.50. The SMILES string of the molecule is C=CCS(CC=C)=P([O-])([O-])[S-].[Sb+3]. The van der Waals surface area contributed by atoms with Gasteiger partial charge in [-0.05, 0) is 0 Å². The zero-order valence-electron chi connectivity index (χ0n) is 6.51. The summed E-state index contributed by atoms with van der Waals surface area (Å²) in [4.78, 5) is 21.7. The summed E-state index contributed by atoms with van der Waals surface area (Å²) >= 11 is 4.35. The number of rotatable bonds is 4. The van der Waals surface area contributed by atoms with Crippen LogP contribution in [0.2, 0.25) is 0 Å². The summed E-state index contributed by atoms with van der Waals surface area (Å²) in [5.41, 5.74) is -3.59. The molecule has 0 fully saturated rings. The Kier molecular flexibility index (Phi) is 10.2. The average molecular weight is 331 g/mol. The first kappa shape index (κ1) is 15.8. The first-order chi connectivity index (χ1) is 5.02. The van der Waals surface area contributed by atoms with Gasteiger partial charge in [-0.2, -0.15) is 0 Å². The zero-order valence-corrected chi connectivity index (χ0v) is 11.6. The molecule has 0 spiro atoms. The Morgan fingerprint density at radius 3 is 1.75 bits per heavy atom. The first-order valence-electron chi connectivity index (χ1n) is 2.94. The maximum absolute atomic E-state index is 10.9. The Bertz CT molecular complexity index is 191. The molecule has 0 aromatic carbocycles. The van der Waals surface area contributed by atoms with Crippen LogP contribution in [0.15, 0.2) is 25.3 Å². The fraction of sp³-hybridized carbons (Fsp3) is 0.333. The Balaban J connectivity index is 0. The van der Waals surface area contributed by atoms with Crippen molar-refractivity contribution in [1.82, 2.24) is 0 Å². The van der Waals surface area contributed by atoms with Crippen LogP contribution in [0.25, 0.3) is 0 Å². The third kappa shape index (κ3) is 6.82. The van der Waals surface area contributed by atoms with Gasteiger partial charge < -0.3 is 27.7 Å². The van der Waals surface area contributed by atoms with E-state index in [1.165, 1.54) is 0 Å². The predicted octanol–water partition coefficient (Wildman–Crippen LogP) is -0.459. The van der Waals surface area contributed by atoms with E-state index in [4.69, 9.17) is 0 Å². The number of hydrogen-bond acceptors (Lipinski definition) is 3. The van der Waals surface area contributed by atoms with Crippen molar-refractivity contribution in [3.05, 3.63) is 25.3 Å². The first-order valence-corrected chi connectivity index (χ1v) is 7.75. The van der Waals surface area contributed by atoms with Crippen LogP contribution in [0.3, 0.4) is 0 Å². The molecule has 0 aliphatic heterocycles. The summed E-state index contributed by atoms with van der Waals surface area (Å²) < 4.78 is 0. The van der Waals surface area contributed by atoms with Gasteiger partial charge in [0.1, 0.15) is 0 Å². The molecule has 68 valence electrons. The Morgan fingerprint density at radius 2 is 1.58 bits per heavy atom. The van der Waals surface area contributed by atoms with Crippen LogP contribution < -0.4 is 9.79 Å². The van der Waals surface area contributed by atoms with Crippen molar-refractivity contribution in [2.24, 2.45) is 0 Å². The molecule has 2 nitrogen and oxygen atoms in total. The summed E-state index contributed by atoms with van der Waals surface area (Å²) in [6, 6.07) is 0. The van der Waals surface area contributed by atoms with Crippen molar-refractivity contribution >= 4 is 52.4 Å². The molecule has 2 radical (unpaired) electrons. The zero-order chi connectivity index (χ0) is 8.91. The number of hydrogen-bond donors (Lipinski definition) is 0. The van der Waals surface area contributed by atoms with Crippen molar-refractivity contribution in [3.8, 4) is 0 Å². The van der Waals surface area contributed by atoms with E-state index < -0.39 is 15.8 Å². The van der Waals surface area contributed by atoms with E-state index >= 15 is 0 Å². The minimum atomic E-state index is -3.59. The third-order valence-electron chi connectivity index (χ3n) is 0.937. The molecule has 0 heterocycles. The van der Waals surface area contributed by atoms with Gasteiger partial charge in [-0.1, -0.05) is 12.2 Å². The maximum atomic E-state index is 10.9. The van der Waals surface area contributed by atoms with E-state index in [0.29, 0.717) is 11.5 Å². The van der Waals surface area contributed by atoms with Gasteiger partial charge in [0.2, 0.25) is 0 Å². The Labute approximate surface area is 98.5 Å². The van der Waals surface area contributed by atoms with Crippen LogP contribution in [0.4, 0.5) is 0 Å². The summed E-state index contributed by atoms with van der Waals surface area (Å²) in [5, 5.41) is 0. The van der Waals surface area contributed by atoms with Crippen molar-refractivity contribution in [2.75, 3.05) is 11.5 Å². The quantitative estimate of drug-likeness (QED) is 0.303. The van der Waals surface area contributed by atoms with E-state index in [0.717, 1.165) is 0 Å². The van der Waals surface area contributed by atoms with Crippen molar-refractivity contribution in [1.29, 1.82) is 0 Å². The minimum Gasteiger partial charge on any atom is -0.854 e. The van der Waals surface area contributed by atoms with E-state index in [1.54, 1.807) is 12.2 Å². The van der Waals surface area contributed by atoms with Crippen LogP contribution in [0, 0.1) is 0 Å². The monoisotopic (exact) mass is 330 g/mol. The Morgan fingerprint density at radius 1 is 1.25 bits per heavy atom. The smallest absolute Gasteiger partial charge is 0.854 e. The van der Waals surface area contributed by atoms with Gasteiger partial charge in [0, 0.05) is 11.5 Å². The molecule has 0 saturated carbocycles. The molecule has 6 heteroatoms. The largest absolute Gasteiger partial charge is 3.00 e. The Hall–Kier alpha value is 1.35. The summed E-state index contributed by atoms with van der Waals surface area (Å²) in [6.07, 6.45) is 3.15. The molecular formula is C6H10O2PS2Sb. The van der Waals surface area contributed by atoms with Crippen LogP contribution in [0.5, 0.6) is 0 Å². The second-order valence-electron chi connectivity index (χ2n) is 1.82. The van der Waals surface area contributed by atoms with Gasteiger partial charge in [-0.25, -0.2) is 10.1 Å². The summed E-state index contributed by atoms with van der Waals surface area (Å²) in [6.45, 7) is 6.93. The molecule has 0 rings (SSSR count). The van der Waals surface area contributed by atoms with E-state index in [-0.39, 0.29) is 24.4 Å². The minimum absolute atomic E-state index is 0. The topological polar surface area (TPSA) is 46.1 Å². The van der Waals surface area contributed by atoms with Gasteiger partial charge >= 0.3 is 24.4 Å². The van der Waals surface area contributed by atoms with Crippen molar-refractivity contribution < 1.29 is 9.79 Å². The standard InChI is InChI=1S/C6H10O2PS2.Sb/c1-3-5-11(6-4-2)9(7,8)10;/h3-4H,1-2,5-6H2;/q-3;+3. The molecule has 0 amide bonds. The molecule has 0 aromatic rings. The average Bonchev–Trinajstić information content (AvgIpc) is 1.85. The maximum Gasteiger partial charge on any atom is 3.00 e. The van der Waals surface area contributed by atoms with Gasteiger partial charge in [0.15, 0.2) is 0 Å². The molecule has 0 saturated heterocycles. The molecule has 0 N–H and O–H groups in total. The van der Waals surface area contributed by atoms with Gasteiger partial charge in [-0.3, -0.25) is 0 Å². The summed E-state index contributed by atoms with van der Waals surface area (Å²) in [5.74, 6) is 0.882. The fourth-order valence-corrected chi connectivity index (χ4v) is 4.39. The van der Waals surface area contributed by atoms with Gasteiger partial charge in [0.05, 0.1) is 0 Å². The summed E-state index contributed by atoms with van der Waals surface area (Å²) in [7, 11) is -0.763. The molecular weight excluding hydrogens is 321 g/mol. The van der Waals surface area contributed by atoms with Gasteiger partial charge in [-0.15, -0.1) is 13.2 Å². The second kappa shape index (κ2) is 7.72. The van der Waals surface area contributed by atoms with Gasteiger partial charge in [0.25, 0.3) is 0 Å². The molecule has 0 aliphatic rings. The molecule has 0 bridgehead atoms. The predicted molar refractivity (Wildman–Crippen MR) is 57.5 cm³/mol. The molecule has 0 atom stereocenters. The van der Waals surface area contributed by atoms with Crippen LogP contribution in [-0.4, -0.2) is 35.9 Å². The van der Waals surface area contributed by atoms with Crippen LogP contribution in [-0.2, 0) is 22.3 Å². The molecule has 0 unspecified atom stereocenters. The molecule has 12 heavy (non-hydrogen) atoms. The van der Waals surface area contributed by atoms with Crippen molar-refractivity contribution in [2.45, 2.75) is 0 Å². The normalized spacial score (nSPS) is 10.7. The van der Waals surface area contributed by atoms with E-state index in [1.807, 2.05) is 0 Å². The van der Waals surface area contributed by atoms with E-state index in [9.17, 15) is 9.79 Å².